The summed E-state index contributed by atoms with van der Waals surface area (Å²) in [6.07, 6.45) is 1.58. The highest BCUT2D eigenvalue weighted by Crippen LogP contribution is 2.29. The van der Waals surface area contributed by atoms with Gasteiger partial charge >= 0.3 is 0 Å². The van der Waals surface area contributed by atoms with Gasteiger partial charge in [0.15, 0.2) is 0 Å². The Hall–Kier alpha value is -4.18. The third kappa shape index (κ3) is 6.77. The van der Waals surface area contributed by atoms with Crippen LogP contribution in [0.15, 0.2) is 96.0 Å². The summed E-state index contributed by atoms with van der Waals surface area (Å²) in [6, 6.07) is 25.5. The quantitative estimate of drug-likeness (QED) is 0.217. The van der Waals surface area contributed by atoms with Gasteiger partial charge in [-0.05, 0) is 53.9 Å². The van der Waals surface area contributed by atoms with Crippen LogP contribution in [0.3, 0.4) is 0 Å². The van der Waals surface area contributed by atoms with Crippen LogP contribution in [-0.2, 0) is 34.3 Å². The predicted molar refractivity (Wildman–Crippen MR) is 161 cm³/mol. The SMILES string of the molecule is COc1ccc(CNS(=O)(=O)c2cc(NC(=O)Cc3ccccc3Cl)cc3c2cnn3Cc2ccc(C)cc2)cc1. The standard InChI is InChI=1S/C31H29ClN4O4S/c1-21-7-9-23(10-8-21)20-36-29-16-25(35-31(37)15-24-5-3-4-6-28(24)32)17-30(27(29)19-33-36)41(38,39)34-18-22-11-13-26(40-2)14-12-22/h3-14,16-17,19,34H,15,18,20H2,1-2H3,(H,35,37). The molecule has 0 aliphatic carbocycles. The fourth-order valence-corrected chi connectivity index (χ4v) is 5.89. The number of nitrogens with zero attached hydrogens (tertiary/aromatic N) is 2. The third-order valence-corrected chi connectivity index (χ3v) is 8.49. The van der Waals surface area contributed by atoms with E-state index in [9.17, 15) is 13.2 Å². The molecule has 5 aromatic rings. The summed E-state index contributed by atoms with van der Waals surface area (Å²) in [7, 11) is -2.43. The van der Waals surface area contributed by atoms with Crippen LogP contribution in [0, 0.1) is 6.92 Å². The molecule has 0 fully saturated rings. The maximum absolute atomic E-state index is 13.6. The van der Waals surface area contributed by atoms with Gasteiger partial charge in [0.25, 0.3) is 0 Å². The Morgan fingerprint density at radius 3 is 2.39 bits per heavy atom. The van der Waals surface area contributed by atoms with Gasteiger partial charge in [0.05, 0.1) is 36.7 Å². The smallest absolute Gasteiger partial charge is 0.241 e. The fourth-order valence-electron chi connectivity index (χ4n) is 4.45. The second-order valence-electron chi connectivity index (χ2n) is 9.68. The number of carbonyl (C=O) groups excluding carboxylic acids is 1. The number of anilines is 1. The van der Waals surface area contributed by atoms with E-state index in [4.69, 9.17) is 16.3 Å². The summed E-state index contributed by atoms with van der Waals surface area (Å²) in [6.45, 7) is 2.52. The minimum Gasteiger partial charge on any atom is -0.497 e. The zero-order valence-corrected chi connectivity index (χ0v) is 24.2. The molecule has 4 aromatic carbocycles. The molecule has 0 atom stereocenters. The van der Waals surface area contributed by atoms with E-state index in [1.807, 2.05) is 37.3 Å². The molecule has 0 saturated heterocycles. The number of carbonyl (C=O) groups is 1. The molecule has 0 unspecified atom stereocenters. The number of hydrogen-bond acceptors (Lipinski definition) is 5. The highest BCUT2D eigenvalue weighted by Gasteiger charge is 2.22. The second-order valence-corrected chi connectivity index (χ2v) is 11.8. The maximum Gasteiger partial charge on any atom is 0.241 e. The molecule has 0 bridgehead atoms. The van der Waals surface area contributed by atoms with Gasteiger partial charge in [0.2, 0.25) is 15.9 Å². The first-order valence-electron chi connectivity index (χ1n) is 12.9. The molecule has 1 amide bonds. The van der Waals surface area contributed by atoms with Crippen LogP contribution >= 0.6 is 11.6 Å². The van der Waals surface area contributed by atoms with E-state index in [0.29, 0.717) is 39.5 Å². The number of benzene rings is 4. The van der Waals surface area contributed by atoms with Crippen LogP contribution in [-0.4, -0.2) is 31.2 Å². The van der Waals surface area contributed by atoms with Crippen molar-refractivity contribution in [1.29, 1.82) is 0 Å². The second kappa shape index (κ2) is 12.1. The Morgan fingerprint density at radius 1 is 0.976 bits per heavy atom. The van der Waals surface area contributed by atoms with E-state index < -0.39 is 10.0 Å². The lowest BCUT2D eigenvalue weighted by molar-refractivity contribution is -0.115. The van der Waals surface area contributed by atoms with E-state index in [1.165, 1.54) is 6.07 Å². The molecule has 10 heteroatoms. The summed E-state index contributed by atoms with van der Waals surface area (Å²) in [5.74, 6) is 0.358. The van der Waals surface area contributed by atoms with Gasteiger partial charge in [-0.15, -0.1) is 0 Å². The van der Waals surface area contributed by atoms with Gasteiger partial charge in [0.1, 0.15) is 5.75 Å². The molecular formula is C31H29ClN4O4S. The van der Waals surface area contributed by atoms with Crippen molar-refractivity contribution < 1.29 is 17.9 Å². The van der Waals surface area contributed by atoms with Crippen LogP contribution in [0.2, 0.25) is 5.02 Å². The largest absolute Gasteiger partial charge is 0.497 e. The molecule has 8 nitrogen and oxygen atoms in total. The Balaban J connectivity index is 1.48. The lowest BCUT2D eigenvalue weighted by Crippen LogP contribution is -2.24. The molecule has 210 valence electrons. The van der Waals surface area contributed by atoms with E-state index in [0.717, 1.165) is 16.7 Å². The molecule has 1 heterocycles. The third-order valence-electron chi connectivity index (χ3n) is 6.68. The van der Waals surface area contributed by atoms with Gasteiger partial charge in [-0.2, -0.15) is 5.10 Å². The van der Waals surface area contributed by atoms with Crippen molar-refractivity contribution in [3.63, 3.8) is 0 Å². The number of hydrogen-bond donors (Lipinski definition) is 2. The highest BCUT2D eigenvalue weighted by atomic mass is 35.5. The monoisotopic (exact) mass is 588 g/mol. The van der Waals surface area contributed by atoms with Crippen LogP contribution in [0.1, 0.15) is 22.3 Å². The highest BCUT2D eigenvalue weighted by molar-refractivity contribution is 7.89. The average molecular weight is 589 g/mol. The summed E-state index contributed by atoms with van der Waals surface area (Å²) in [5.41, 5.74) is 4.50. The molecule has 2 N–H and O–H groups in total. The number of methoxy groups -OCH3 is 1. The molecule has 0 aliphatic heterocycles. The Kier molecular flexibility index (Phi) is 8.39. The van der Waals surface area contributed by atoms with Crippen molar-refractivity contribution in [1.82, 2.24) is 14.5 Å². The van der Waals surface area contributed by atoms with Crippen molar-refractivity contribution in [3.05, 3.63) is 118 Å². The topological polar surface area (TPSA) is 102 Å². The van der Waals surface area contributed by atoms with E-state index in [2.05, 4.69) is 15.1 Å². The minimum absolute atomic E-state index is 0.0201. The van der Waals surface area contributed by atoms with Crippen LogP contribution in [0.5, 0.6) is 5.75 Å². The zero-order chi connectivity index (χ0) is 29.0. The molecule has 0 aliphatic rings. The van der Waals surface area contributed by atoms with Crippen molar-refractivity contribution in [2.45, 2.75) is 31.3 Å². The first-order valence-corrected chi connectivity index (χ1v) is 14.8. The van der Waals surface area contributed by atoms with Crippen molar-refractivity contribution in [2.75, 3.05) is 12.4 Å². The summed E-state index contributed by atoms with van der Waals surface area (Å²) >= 11 is 6.24. The summed E-state index contributed by atoms with van der Waals surface area (Å²) in [4.78, 5) is 13.0. The van der Waals surface area contributed by atoms with Gasteiger partial charge in [-0.3, -0.25) is 9.48 Å². The number of ether oxygens (including phenoxy) is 1. The molecule has 41 heavy (non-hydrogen) atoms. The normalized spacial score (nSPS) is 11.5. The van der Waals surface area contributed by atoms with Gasteiger partial charge in [-0.1, -0.05) is 71.8 Å². The Labute approximate surface area is 244 Å². The molecular weight excluding hydrogens is 560 g/mol. The minimum atomic E-state index is -4.00. The Morgan fingerprint density at radius 2 is 1.68 bits per heavy atom. The summed E-state index contributed by atoms with van der Waals surface area (Å²) < 4.78 is 36.8. The zero-order valence-electron chi connectivity index (χ0n) is 22.6. The molecule has 5 rings (SSSR count). The first kappa shape index (κ1) is 28.4. The lowest BCUT2D eigenvalue weighted by Gasteiger charge is -2.13. The molecule has 0 radical (unpaired) electrons. The molecule has 0 spiro atoms. The molecule has 1 aromatic heterocycles. The number of nitrogens with one attached hydrogen (secondary N) is 2. The van der Waals surface area contributed by atoms with Gasteiger partial charge in [0, 0.05) is 22.6 Å². The summed E-state index contributed by atoms with van der Waals surface area (Å²) in [5, 5.41) is 8.29. The lowest BCUT2D eigenvalue weighted by atomic mass is 10.1. The van der Waals surface area contributed by atoms with Crippen LogP contribution < -0.4 is 14.8 Å². The van der Waals surface area contributed by atoms with Gasteiger partial charge in [-0.25, -0.2) is 13.1 Å². The predicted octanol–water partition coefficient (Wildman–Crippen LogP) is 5.71. The van der Waals surface area contributed by atoms with Gasteiger partial charge < -0.3 is 10.1 Å². The number of fused-ring (bicyclic) bond motifs is 1. The first-order chi connectivity index (χ1) is 19.7. The van der Waals surface area contributed by atoms with Crippen molar-refractivity contribution in [3.8, 4) is 5.75 Å². The Bertz CT molecular complexity index is 1800. The number of rotatable bonds is 10. The van der Waals surface area contributed by atoms with E-state index >= 15 is 0 Å². The number of aromatic nitrogens is 2. The van der Waals surface area contributed by atoms with E-state index in [-0.39, 0.29) is 23.8 Å². The average Bonchev–Trinajstić information content (AvgIpc) is 3.36. The van der Waals surface area contributed by atoms with Crippen LogP contribution in [0.4, 0.5) is 5.69 Å². The number of sulfonamides is 1. The fraction of sp³-hybridized carbons (Fsp3) is 0.161. The van der Waals surface area contributed by atoms with Crippen molar-refractivity contribution >= 4 is 44.1 Å². The van der Waals surface area contributed by atoms with Crippen LogP contribution in [0.25, 0.3) is 10.9 Å². The number of aryl methyl sites for hydroxylation is 1. The maximum atomic E-state index is 13.6. The van der Waals surface area contributed by atoms with E-state index in [1.54, 1.807) is 66.5 Å². The number of amides is 1. The van der Waals surface area contributed by atoms with Crippen molar-refractivity contribution in [2.24, 2.45) is 0 Å². The number of halogens is 1. The molecule has 0 saturated carbocycles.